The molecule has 5 rings (SSSR count). The summed E-state index contributed by atoms with van der Waals surface area (Å²) in [4.78, 5) is 28.7. The number of phenols is 2. The standard InChI is InChI=1S/C26H30N2O7/c1-13-34-12-18(35-13)26(33)10-16-19(17(11-26)27-8-9-28(2)3)25(32)21-20(24(16)31)22(29)14-6-4-5-7-15(14)23(21)30/h4-7,13,17-18,27,31-33H,8-12H2,1-3H3. The van der Waals surface area contributed by atoms with Crippen molar-refractivity contribution in [3.8, 4) is 11.5 Å². The van der Waals surface area contributed by atoms with Crippen molar-refractivity contribution in [3.63, 3.8) is 0 Å². The van der Waals surface area contributed by atoms with Crippen molar-refractivity contribution in [1.29, 1.82) is 0 Å². The van der Waals surface area contributed by atoms with E-state index in [1.807, 2.05) is 19.0 Å². The van der Waals surface area contributed by atoms with Crippen molar-refractivity contribution >= 4 is 11.6 Å². The normalized spacial score (nSPS) is 27.6. The highest BCUT2D eigenvalue weighted by Gasteiger charge is 2.50. The molecular formula is C26H30N2O7. The highest BCUT2D eigenvalue weighted by molar-refractivity contribution is 6.30. The Kier molecular flexibility index (Phi) is 5.93. The minimum absolute atomic E-state index is 0.0648. The van der Waals surface area contributed by atoms with Gasteiger partial charge in [-0.3, -0.25) is 9.59 Å². The van der Waals surface area contributed by atoms with Gasteiger partial charge < -0.3 is 35.0 Å². The van der Waals surface area contributed by atoms with Crippen molar-refractivity contribution in [1.82, 2.24) is 10.2 Å². The Hall–Kier alpha value is -2.82. The van der Waals surface area contributed by atoms with E-state index in [4.69, 9.17) is 9.47 Å². The van der Waals surface area contributed by atoms with Gasteiger partial charge in [0.05, 0.1) is 23.3 Å². The van der Waals surface area contributed by atoms with Gasteiger partial charge in [0.15, 0.2) is 17.9 Å². The largest absolute Gasteiger partial charge is 0.507 e. The number of carbonyl (C=O) groups is 2. The van der Waals surface area contributed by atoms with Crippen LogP contribution in [0.3, 0.4) is 0 Å². The molecule has 9 nitrogen and oxygen atoms in total. The van der Waals surface area contributed by atoms with Gasteiger partial charge in [0.25, 0.3) is 0 Å². The molecule has 0 aromatic heterocycles. The minimum Gasteiger partial charge on any atom is -0.507 e. The van der Waals surface area contributed by atoms with E-state index >= 15 is 0 Å². The number of hydrogen-bond donors (Lipinski definition) is 4. The number of aromatic hydroxyl groups is 2. The fourth-order valence-corrected chi connectivity index (χ4v) is 5.47. The maximum Gasteiger partial charge on any atom is 0.198 e. The Balaban J connectivity index is 1.66. The van der Waals surface area contributed by atoms with Crippen LogP contribution in [0.15, 0.2) is 24.3 Å². The predicted molar refractivity (Wildman–Crippen MR) is 126 cm³/mol. The molecule has 2 aliphatic carbocycles. The molecule has 0 radical (unpaired) electrons. The van der Waals surface area contributed by atoms with Gasteiger partial charge >= 0.3 is 0 Å². The molecule has 0 saturated carbocycles. The van der Waals surface area contributed by atoms with Crippen LogP contribution in [-0.2, 0) is 15.9 Å². The number of nitrogens with zero attached hydrogens (tertiary/aromatic N) is 1. The molecule has 1 aliphatic heterocycles. The van der Waals surface area contributed by atoms with Crippen LogP contribution in [0, 0.1) is 0 Å². The van der Waals surface area contributed by atoms with Gasteiger partial charge in [-0.15, -0.1) is 0 Å². The summed E-state index contributed by atoms with van der Waals surface area (Å²) < 4.78 is 11.3. The third-order valence-electron chi connectivity index (χ3n) is 7.24. The zero-order valence-corrected chi connectivity index (χ0v) is 20.0. The van der Waals surface area contributed by atoms with Crippen LogP contribution < -0.4 is 5.32 Å². The quantitative estimate of drug-likeness (QED) is 0.400. The first-order valence-corrected chi connectivity index (χ1v) is 11.8. The minimum atomic E-state index is -1.43. The molecule has 3 aliphatic rings. The van der Waals surface area contributed by atoms with Crippen LogP contribution in [0.2, 0.25) is 0 Å². The number of nitrogens with one attached hydrogen (secondary N) is 1. The molecule has 4 N–H and O–H groups in total. The second-order valence-corrected chi connectivity index (χ2v) is 9.86. The zero-order valence-electron chi connectivity index (χ0n) is 20.0. The third-order valence-corrected chi connectivity index (χ3v) is 7.24. The van der Waals surface area contributed by atoms with Gasteiger partial charge in [-0.2, -0.15) is 0 Å². The van der Waals surface area contributed by atoms with Crippen LogP contribution in [-0.4, -0.2) is 83.6 Å². The number of likely N-dealkylation sites (N-methyl/N-ethyl adjacent to an activating group) is 1. The van der Waals surface area contributed by atoms with Gasteiger partial charge in [0.1, 0.15) is 17.6 Å². The molecular weight excluding hydrogens is 452 g/mol. The molecule has 0 amide bonds. The van der Waals surface area contributed by atoms with Crippen molar-refractivity contribution in [2.45, 2.75) is 43.8 Å². The van der Waals surface area contributed by atoms with E-state index in [2.05, 4.69) is 5.32 Å². The number of ether oxygens (including phenoxy) is 2. The molecule has 2 aromatic carbocycles. The Morgan fingerprint density at radius 1 is 1.09 bits per heavy atom. The zero-order chi connectivity index (χ0) is 25.1. The molecule has 0 bridgehead atoms. The topological polar surface area (TPSA) is 129 Å². The number of fused-ring (bicyclic) bond motifs is 3. The lowest BCUT2D eigenvalue weighted by Crippen LogP contribution is -2.51. The summed E-state index contributed by atoms with van der Waals surface area (Å²) in [5, 5.41) is 37.8. The van der Waals surface area contributed by atoms with Crippen LogP contribution >= 0.6 is 0 Å². The molecule has 0 spiro atoms. The lowest BCUT2D eigenvalue weighted by Gasteiger charge is -2.42. The fraction of sp³-hybridized carbons (Fsp3) is 0.462. The van der Waals surface area contributed by atoms with E-state index in [9.17, 15) is 24.9 Å². The Morgan fingerprint density at radius 3 is 2.29 bits per heavy atom. The van der Waals surface area contributed by atoms with Gasteiger partial charge in [0.2, 0.25) is 0 Å². The van der Waals surface area contributed by atoms with E-state index < -0.39 is 35.6 Å². The first-order valence-electron chi connectivity index (χ1n) is 11.8. The summed E-state index contributed by atoms with van der Waals surface area (Å²) in [5.41, 5.74) is -0.909. The SMILES string of the molecule is CC1OCC(C2(O)Cc3c(O)c4c(c(O)c3C(NCCN(C)C)C2)C(=O)c2ccccc2C4=O)O1. The number of ketones is 2. The maximum absolute atomic E-state index is 13.4. The van der Waals surface area contributed by atoms with Gasteiger partial charge in [0, 0.05) is 47.8 Å². The highest BCUT2D eigenvalue weighted by atomic mass is 16.7. The fourth-order valence-electron chi connectivity index (χ4n) is 5.47. The smallest absolute Gasteiger partial charge is 0.198 e. The number of aliphatic hydroxyl groups is 1. The van der Waals surface area contributed by atoms with Crippen LogP contribution in [0.4, 0.5) is 0 Å². The molecule has 1 saturated heterocycles. The van der Waals surface area contributed by atoms with Crippen molar-refractivity contribution in [2.75, 3.05) is 33.8 Å². The van der Waals surface area contributed by atoms with Crippen molar-refractivity contribution < 1.29 is 34.4 Å². The lowest BCUT2D eigenvalue weighted by molar-refractivity contribution is -0.121. The molecule has 186 valence electrons. The van der Waals surface area contributed by atoms with Crippen molar-refractivity contribution in [2.24, 2.45) is 0 Å². The summed E-state index contributed by atoms with van der Waals surface area (Å²) in [5.74, 6) is -1.77. The van der Waals surface area contributed by atoms with Crippen LogP contribution in [0.1, 0.15) is 62.4 Å². The highest BCUT2D eigenvalue weighted by Crippen LogP contribution is 2.51. The number of phenolic OH excluding ortho intramolecular Hbond substituents is 2. The van der Waals surface area contributed by atoms with Crippen molar-refractivity contribution in [3.05, 3.63) is 57.6 Å². The van der Waals surface area contributed by atoms with E-state index in [-0.39, 0.29) is 58.8 Å². The average Bonchev–Trinajstić information content (AvgIpc) is 3.26. The number of benzene rings is 2. The summed E-state index contributed by atoms with van der Waals surface area (Å²) in [6.07, 6.45) is -1.03. The maximum atomic E-state index is 13.4. The van der Waals surface area contributed by atoms with Gasteiger partial charge in [-0.05, 0) is 27.4 Å². The Morgan fingerprint density at radius 2 is 1.71 bits per heavy atom. The van der Waals surface area contributed by atoms with E-state index in [1.54, 1.807) is 25.1 Å². The number of carbonyl (C=O) groups excluding carboxylic acids is 2. The Bertz CT molecular complexity index is 1210. The van der Waals surface area contributed by atoms with Gasteiger partial charge in [-0.1, -0.05) is 24.3 Å². The molecule has 1 fully saturated rings. The lowest BCUT2D eigenvalue weighted by atomic mass is 9.70. The first kappa shape index (κ1) is 23.9. The number of rotatable bonds is 5. The first-order chi connectivity index (χ1) is 16.6. The Labute approximate surface area is 203 Å². The molecule has 4 atom stereocenters. The summed E-state index contributed by atoms with van der Waals surface area (Å²) in [6, 6.07) is 5.77. The monoisotopic (exact) mass is 482 g/mol. The van der Waals surface area contributed by atoms with E-state index in [1.165, 1.54) is 6.07 Å². The molecule has 1 heterocycles. The second-order valence-electron chi connectivity index (χ2n) is 9.86. The molecule has 2 aromatic rings. The van der Waals surface area contributed by atoms with Crippen LogP contribution in [0.25, 0.3) is 0 Å². The number of hydrogen-bond acceptors (Lipinski definition) is 9. The summed E-state index contributed by atoms with van der Waals surface area (Å²) in [7, 11) is 3.86. The summed E-state index contributed by atoms with van der Waals surface area (Å²) in [6.45, 7) is 3.14. The third kappa shape index (κ3) is 3.84. The van der Waals surface area contributed by atoms with Gasteiger partial charge in [-0.25, -0.2) is 0 Å². The average molecular weight is 483 g/mol. The molecule has 4 unspecified atom stereocenters. The van der Waals surface area contributed by atoms with E-state index in [0.29, 0.717) is 18.7 Å². The van der Waals surface area contributed by atoms with E-state index in [0.717, 1.165) is 0 Å². The summed E-state index contributed by atoms with van der Waals surface area (Å²) >= 11 is 0. The van der Waals surface area contributed by atoms with Crippen LogP contribution in [0.5, 0.6) is 11.5 Å². The second kappa shape index (κ2) is 8.69. The molecule has 35 heavy (non-hydrogen) atoms. The molecule has 9 heteroatoms. The predicted octanol–water partition coefficient (Wildman–Crippen LogP) is 1.50.